The molecule has 1 aliphatic heterocycles. The highest BCUT2D eigenvalue weighted by Crippen LogP contribution is 2.31. The fourth-order valence-electron chi connectivity index (χ4n) is 1.86. The highest BCUT2D eigenvalue weighted by atomic mass is 32.1. The summed E-state index contributed by atoms with van der Waals surface area (Å²) in [5.74, 6) is 0. The molecule has 0 saturated carbocycles. The first kappa shape index (κ1) is 9.79. The van der Waals surface area contributed by atoms with Gasteiger partial charge in [-0.1, -0.05) is 10.3 Å². The van der Waals surface area contributed by atoms with E-state index in [0.29, 0.717) is 10.8 Å². The van der Waals surface area contributed by atoms with Crippen LogP contribution in [0.15, 0.2) is 0 Å². The Labute approximate surface area is 87.4 Å². The standard InChI is InChI=1S/C8H14N4OS/c1-8(2)5-6(3-4-13-8)12-7(14)9-10-11-12/h6H,3-5H2,1-2H3,(H,9,11,14). The van der Waals surface area contributed by atoms with E-state index < -0.39 is 0 Å². The van der Waals surface area contributed by atoms with Gasteiger partial charge in [0.15, 0.2) is 0 Å². The number of hydrogen-bond donors (Lipinski definition) is 1. The molecule has 1 aromatic heterocycles. The normalized spacial score (nSPS) is 26.3. The topological polar surface area (TPSA) is 55.7 Å². The van der Waals surface area contributed by atoms with E-state index in [-0.39, 0.29) is 5.60 Å². The number of rotatable bonds is 1. The fraction of sp³-hybridized carbons (Fsp3) is 0.875. The highest BCUT2D eigenvalue weighted by molar-refractivity contribution is 7.71. The van der Waals surface area contributed by atoms with Crippen molar-refractivity contribution in [3.8, 4) is 0 Å². The summed E-state index contributed by atoms with van der Waals surface area (Å²) in [4.78, 5) is 0. The average molecular weight is 214 g/mol. The SMILES string of the molecule is CC1(C)CC(n2[nH]nnc2=S)CCO1. The van der Waals surface area contributed by atoms with Gasteiger partial charge in [0.1, 0.15) is 0 Å². The van der Waals surface area contributed by atoms with E-state index in [1.165, 1.54) is 0 Å². The largest absolute Gasteiger partial charge is 0.375 e. The van der Waals surface area contributed by atoms with E-state index in [1.807, 2.05) is 4.68 Å². The second-order valence-corrected chi connectivity index (χ2v) is 4.57. The molecule has 2 rings (SSSR count). The van der Waals surface area contributed by atoms with Crippen molar-refractivity contribution in [2.24, 2.45) is 0 Å². The molecule has 1 atom stereocenters. The van der Waals surface area contributed by atoms with Crippen LogP contribution in [-0.4, -0.2) is 32.4 Å². The number of tetrazole rings is 1. The number of ether oxygens (including phenoxy) is 1. The summed E-state index contributed by atoms with van der Waals surface area (Å²) in [6.07, 6.45) is 1.90. The van der Waals surface area contributed by atoms with Gasteiger partial charge in [-0.25, -0.2) is 4.68 Å². The zero-order chi connectivity index (χ0) is 10.2. The first-order valence-electron chi connectivity index (χ1n) is 4.72. The van der Waals surface area contributed by atoms with Crippen LogP contribution in [0.3, 0.4) is 0 Å². The lowest BCUT2D eigenvalue weighted by atomic mass is 9.94. The molecule has 0 aromatic carbocycles. The summed E-state index contributed by atoms with van der Waals surface area (Å²) in [7, 11) is 0. The Kier molecular flexibility index (Phi) is 2.40. The molecule has 0 bridgehead atoms. The van der Waals surface area contributed by atoms with Crippen molar-refractivity contribution in [2.75, 3.05) is 6.61 Å². The van der Waals surface area contributed by atoms with Gasteiger partial charge < -0.3 is 4.74 Å². The van der Waals surface area contributed by atoms with E-state index >= 15 is 0 Å². The van der Waals surface area contributed by atoms with Gasteiger partial charge in [0, 0.05) is 6.61 Å². The fourth-order valence-corrected chi connectivity index (χ4v) is 2.09. The molecule has 14 heavy (non-hydrogen) atoms. The number of hydrogen-bond acceptors (Lipinski definition) is 4. The maximum absolute atomic E-state index is 5.63. The van der Waals surface area contributed by atoms with Crippen LogP contribution in [0.5, 0.6) is 0 Å². The molecule has 0 aliphatic carbocycles. The molecule has 1 N–H and O–H groups in total. The van der Waals surface area contributed by atoms with Crippen molar-refractivity contribution in [1.29, 1.82) is 0 Å². The second kappa shape index (κ2) is 3.43. The van der Waals surface area contributed by atoms with Crippen LogP contribution in [0.4, 0.5) is 0 Å². The molecule has 5 nitrogen and oxygen atoms in total. The van der Waals surface area contributed by atoms with Gasteiger partial charge >= 0.3 is 0 Å². The van der Waals surface area contributed by atoms with Crippen LogP contribution in [-0.2, 0) is 4.74 Å². The third-order valence-electron chi connectivity index (χ3n) is 2.53. The minimum Gasteiger partial charge on any atom is -0.375 e. The van der Waals surface area contributed by atoms with E-state index in [2.05, 4.69) is 29.4 Å². The lowest BCUT2D eigenvalue weighted by Crippen LogP contribution is -2.35. The molecule has 78 valence electrons. The van der Waals surface area contributed by atoms with Crippen molar-refractivity contribution >= 4 is 12.2 Å². The Balaban J connectivity index is 2.20. The lowest BCUT2D eigenvalue weighted by Gasteiger charge is -2.35. The quantitative estimate of drug-likeness (QED) is 0.719. The molecule has 1 unspecified atom stereocenters. The number of aromatic amines is 1. The predicted octanol–water partition coefficient (Wildman–Crippen LogP) is 1.47. The number of aromatic nitrogens is 4. The molecule has 1 aromatic rings. The minimum absolute atomic E-state index is 0.0806. The van der Waals surface area contributed by atoms with E-state index in [4.69, 9.17) is 17.0 Å². The molecule has 6 heteroatoms. The van der Waals surface area contributed by atoms with Gasteiger partial charge in [0.2, 0.25) is 4.77 Å². The molecule has 0 amide bonds. The van der Waals surface area contributed by atoms with E-state index in [0.717, 1.165) is 19.4 Å². The van der Waals surface area contributed by atoms with Gasteiger partial charge in [-0.15, -0.1) is 0 Å². The zero-order valence-electron chi connectivity index (χ0n) is 8.36. The van der Waals surface area contributed by atoms with Gasteiger partial charge in [0.25, 0.3) is 0 Å². The van der Waals surface area contributed by atoms with E-state index in [9.17, 15) is 0 Å². The third kappa shape index (κ3) is 1.85. The Morgan fingerprint density at radius 2 is 2.43 bits per heavy atom. The predicted molar refractivity (Wildman–Crippen MR) is 53.5 cm³/mol. The molecule has 1 aliphatic rings. The summed E-state index contributed by atoms with van der Waals surface area (Å²) >= 11 is 5.06. The summed E-state index contributed by atoms with van der Waals surface area (Å²) < 4.78 is 8.00. The van der Waals surface area contributed by atoms with Crippen LogP contribution < -0.4 is 0 Å². The molecule has 1 fully saturated rings. The maximum Gasteiger partial charge on any atom is 0.238 e. The second-order valence-electron chi connectivity index (χ2n) is 4.21. The van der Waals surface area contributed by atoms with Crippen LogP contribution in [0.1, 0.15) is 32.7 Å². The number of nitrogens with zero attached hydrogens (tertiary/aromatic N) is 3. The summed E-state index contributed by atoms with van der Waals surface area (Å²) in [5, 5.41) is 10.3. The van der Waals surface area contributed by atoms with Crippen molar-refractivity contribution in [3.05, 3.63) is 4.77 Å². The first-order chi connectivity index (χ1) is 6.58. The number of H-pyrrole nitrogens is 1. The van der Waals surface area contributed by atoms with Gasteiger partial charge in [0.05, 0.1) is 11.6 Å². The summed E-state index contributed by atoms with van der Waals surface area (Å²) in [5.41, 5.74) is -0.0806. The highest BCUT2D eigenvalue weighted by Gasteiger charge is 2.30. The van der Waals surface area contributed by atoms with Crippen molar-refractivity contribution in [2.45, 2.75) is 38.3 Å². The van der Waals surface area contributed by atoms with Gasteiger partial charge in [-0.2, -0.15) is 5.21 Å². The molecule has 2 heterocycles. The van der Waals surface area contributed by atoms with Crippen LogP contribution in [0, 0.1) is 4.77 Å². The van der Waals surface area contributed by atoms with Crippen LogP contribution in [0.2, 0.25) is 0 Å². The Hall–Kier alpha value is -0.750. The molecular weight excluding hydrogens is 200 g/mol. The molecule has 1 saturated heterocycles. The van der Waals surface area contributed by atoms with E-state index in [1.54, 1.807) is 0 Å². The van der Waals surface area contributed by atoms with Gasteiger partial charge in [-0.05, 0) is 38.9 Å². The Morgan fingerprint density at radius 3 is 3.00 bits per heavy atom. The first-order valence-corrected chi connectivity index (χ1v) is 5.13. The van der Waals surface area contributed by atoms with Crippen LogP contribution >= 0.6 is 12.2 Å². The lowest BCUT2D eigenvalue weighted by molar-refractivity contribution is -0.0712. The maximum atomic E-state index is 5.63. The zero-order valence-corrected chi connectivity index (χ0v) is 9.17. The monoisotopic (exact) mass is 214 g/mol. The van der Waals surface area contributed by atoms with Gasteiger partial charge in [-0.3, -0.25) is 0 Å². The smallest absolute Gasteiger partial charge is 0.238 e. The van der Waals surface area contributed by atoms with Crippen molar-refractivity contribution in [1.82, 2.24) is 20.2 Å². The third-order valence-corrected chi connectivity index (χ3v) is 2.81. The Bertz CT molecular complexity index is 369. The Morgan fingerprint density at radius 1 is 1.64 bits per heavy atom. The average Bonchev–Trinajstić information content (AvgIpc) is 2.49. The molecule has 0 radical (unpaired) electrons. The molecular formula is C8H14N4OS. The van der Waals surface area contributed by atoms with Crippen molar-refractivity contribution in [3.63, 3.8) is 0 Å². The summed E-state index contributed by atoms with van der Waals surface area (Å²) in [6, 6.07) is 0.334. The van der Waals surface area contributed by atoms with Crippen LogP contribution in [0.25, 0.3) is 0 Å². The number of nitrogens with one attached hydrogen (secondary N) is 1. The minimum atomic E-state index is -0.0806. The molecule has 0 spiro atoms. The summed E-state index contributed by atoms with van der Waals surface area (Å²) in [6.45, 7) is 4.94. The van der Waals surface area contributed by atoms with Crippen molar-refractivity contribution < 1.29 is 4.74 Å².